The van der Waals surface area contributed by atoms with Crippen LogP contribution in [0.1, 0.15) is 35.8 Å². The van der Waals surface area contributed by atoms with Gasteiger partial charge in [0.05, 0.1) is 29.1 Å². The standard InChI is InChI=1S/C24H25N3O2/c1-2-29-21-11-6-3-8-18(21)23(28)26-16-13-24(14-17-26)22-12-7-15-27(22)20-10-5-4-9-19(20)25-24/h3-12,15,25H,2,13-14,16-17H2,1H3. The van der Waals surface area contributed by atoms with E-state index < -0.39 is 0 Å². The minimum Gasteiger partial charge on any atom is -0.493 e. The van der Waals surface area contributed by atoms with Gasteiger partial charge in [-0.2, -0.15) is 0 Å². The smallest absolute Gasteiger partial charge is 0.257 e. The molecule has 0 radical (unpaired) electrons. The van der Waals surface area contributed by atoms with Crippen molar-refractivity contribution >= 4 is 11.6 Å². The Morgan fingerprint density at radius 3 is 2.62 bits per heavy atom. The molecule has 1 spiro atoms. The first-order chi connectivity index (χ1) is 14.2. The first kappa shape index (κ1) is 17.9. The highest BCUT2D eigenvalue weighted by atomic mass is 16.5. The number of nitrogens with zero attached hydrogens (tertiary/aromatic N) is 2. The molecule has 3 aromatic rings. The molecule has 5 nitrogen and oxygen atoms in total. The summed E-state index contributed by atoms with van der Waals surface area (Å²) < 4.78 is 7.96. The van der Waals surface area contributed by atoms with E-state index in [-0.39, 0.29) is 11.4 Å². The zero-order valence-corrected chi connectivity index (χ0v) is 16.6. The number of likely N-dealkylation sites (tertiary alicyclic amines) is 1. The van der Waals surface area contributed by atoms with Gasteiger partial charge in [0.1, 0.15) is 5.75 Å². The second-order valence-corrected chi connectivity index (χ2v) is 7.71. The van der Waals surface area contributed by atoms with Crippen LogP contribution in [0.4, 0.5) is 5.69 Å². The Balaban J connectivity index is 1.40. The number of anilines is 1. The van der Waals surface area contributed by atoms with Gasteiger partial charge in [0.25, 0.3) is 5.91 Å². The van der Waals surface area contributed by atoms with Crippen molar-refractivity contribution in [3.05, 3.63) is 78.1 Å². The van der Waals surface area contributed by atoms with Gasteiger partial charge in [0.15, 0.2) is 0 Å². The molecule has 0 saturated carbocycles. The maximum atomic E-state index is 13.2. The molecule has 3 heterocycles. The Kier molecular flexibility index (Phi) is 4.31. The number of nitrogens with one attached hydrogen (secondary N) is 1. The van der Waals surface area contributed by atoms with Crippen LogP contribution >= 0.6 is 0 Å². The van der Waals surface area contributed by atoms with E-state index in [2.05, 4.69) is 52.5 Å². The van der Waals surface area contributed by atoms with Crippen LogP contribution in [0, 0.1) is 0 Å². The summed E-state index contributed by atoms with van der Waals surface area (Å²) in [4.78, 5) is 15.1. The predicted molar refractivity (Wildman–Crippen MR) is 114 cm³/mol. The zero-order chi connectivity index (χ0) is 19.8. The molecular weight excluding hydrogens is 362 g/mol. The Bertz CT molecular complexity index is 1050. The van der Waals surface area contributed by atoms with E-state index >= 15 is 0 Å². The molecule has 1 amide bonds. The largest absolute Gasteiger partial charge is 0.493 e. The molecule has 0 bridgehead atoms. The molecule has 5 rings (SSSR count). The monoisotopic (exact) mass is 387 g/mol. The Morgan fingerprint density at radius 1 is 1.03 bits per heavy atom. The summed E-state index contributed by atoms with van der Waals surface area (Å²) in [5.74, 6) is 0.717. The average Bonchev–Trinajstić information content (AvgIpc) is 3.26. The van der Waals surface area contributed by atoms with Gasteiger partial charge in [0, 0.05) is 25.0 Å². The van der Waals surface area contributed by atoms with E-state index in [1.165, 1.54) is 11.4 Å². The van der Waals surface area contributed by atoms with Crippen molar-refractivity contribution in [1.82, 2.24) is 9.47 Å². The molecule has 1 saturated heterocycles. The highest BCUT2D eigenvalue weighted by molar-refractivity contribution is 5.97. The molecule has 1 fully saturated rings. The third-order valence-electron chi connectivity index (χ3n) is 6.10. The summed E-state index contributed by atoms with van der Waals surface area (Å²) in [6, 6.07) is 20.3. The van der Waals surface area contributed by atoms with E-state index in [9.17, 15) is 4.79 Å². The predicted octanol–water partition coefficient (Wildman–Crippen LogP) is 4.43. The number of piperidine rings is 1. The van der Waals surface area contributed by atoms with Crippen molar-refractivity contribution in [2.24, 2.45) is 0 Å². The van der Waals surface area contributed by atoms with Gasteiger partial charge >= 0.3 is 0 Å². The van der Waals surface area contributed by atoms with Crippen LogP contribution in [0.15, 0.2) is 66.9 Å². The van der Waals surface area contributed by atoms with Crippen LogP contribution in [-0.4, -0.2) is 35.1 Å². The Labute approximate surface area is 170 Å². The lowest BCUT2D eigenvalue weighted by atomic mass is 9.82. The summed E-state index contributed by atoms with van der Waals surface area (Å²) in [6.07, 6.45) is 3.87. The fraction of sp³-hybridized carbons (Fsp3) is 0.292. The lowest BCUT2D eigenvalue weighted by Gasteiger charge is -2.46. The van der Waals surface area contributed by atoms with Gasteiger partial charge in [0.2, 0.25) is 0 Å². The molecule has 1 aromatic heterocycles. The van der Waals surface area contributed by atoms with Gasteiger partial charge in [-0.25, -0.2) is 0 Å². The number of ether oxygens (including phenoxy) is 1. The minimum absolute atomic E-state index is 0.0514. The quantitative estimate of drug-likeness (QED) is 0.723. The summed E-state index contributed by atoms with van der Waals surface area (Å²) in [5, 5.41) is 3.80. The molecule has 2 aromatic carbocycles. The van der Waals surface area contributed by atoms with E-state index in [4.69, 9.17) is 4.74 Å². The maximum absolute atomic E-state index is 13.2. The topological polar surface area (TPSA) is 46.5 Å². The van der Waals surface area contributed by atoms with Crippen molar-refractivity contribution in [2.45, 2.75) is 25.3 Å². The zero-order valence-electron chi connectivity index (χ0n) is 16.6. The second-order valence-electron chi connectivity index (χ2n) is 7.71. The molecule has 0 aliphatic carbocycles. The fourth-order valence-electron chi connectivity index (χ4n) is 4.66. The van der Waals surface area contributed by atoms with Crippen LogP contribution in [0.5, 0.6) is 5.75 Å². The summed E-state index contributed by atoms with van der Waals surface area (Å²) >= 11 is 0. The summed E-state index contributed by atoms with van der Waals surface area (Å²) in [5.41, 5.74) is 4.11. The number of hydrogen-bond acceptors (Lipinski definition) is 3. The number of para-hydroxylation sites is 3. The first-order valence-electron chi connectivity index (χ1n) is 10.3. The van der Waals surface area contributed by atoms with E-state index in [1.54, 1.807) is 0 Å². The van der Waals surface area contributed by atoms with Gasteiger partial charge in [-0.1, -0.05) is 24.3 Å². The van der Waals surface area contributed by atoms with Crippen molar-refractivity contribution in [3.63, 3.8) is 0 Å². The maximum Gasteiger partial charge on any atom is 0.257 e. The van der Waals surface area contributed by atoms with Crippen LogP contribution in [-0.2, 0) is 5.54 Å². The fourth-order valence-corrected chi connectivity index (χ4v) is 4.66. The van der Waals surface area contributed by atoms with Crippen molar-refractivity contribution in [3.8, 4) is 11.4 Å². The number of benzene rings is 2. The molecule has 29 heavy (non-hydrogen) atoms. The van der Waals surface area contributed by atoms with Crippen molar-refractivity contribution in [2.75, 3.05) is 25.0 Å². The molecule has 2 aliphatic heterocycles. The molecule has 0 atom stereocenters. The minimum atomic E-state index is -0.145. The van der Waals surface area contributed by atoms with Crippen molar-refractivity contribution in [1.29, 1.82) is 0 Å². The summed E-state index contributed by atoms with van der Waals surface area (Å²) in [7, 11) is 0. The SMILES string of the molecule is CCOc1ccccc1C(=O)N1CCC2(CC1)Nc1ccccc1-n1cccc12. The molecule has 0 unspecified atom stereocenters. The van der Waals surface area contributed by atoms with Crippen LogP contribution in [0.25, 0.3) is 5.69 Å². The number of aromatic nitrogens is 1. The third kappa shape index (κ3) is 2.89. The summed E-state index contributed by atoms with van der Waals surface area (Å²) in [6.45, 7) is 3.90. The van der Waals surface area contributed by atoms with Gasteiger partial charge in [-0.05, 0) is 56.2 Å². The molecule has 1 N–H and O–H groups in total. The van der Waals surface area contributed by atoms with Crippen LogP contribution < -0.4 is 10.1 Å². The van der Waals surface area contributed by atoms with E-state index in [1.807, 2.05) is 36.1 Å². The number of carbonyl (C=O) groups is 1. The number of rotatable bonds is 3. The lowest BCUT2D eigenvalue weighted by molar-refractivity contribution is 0.0672. The number of amides is 1. The third-order valence-corrected chi connectivity index (χ3v) is 6.10. The van der Waals surface area contributed by atoms with Gasteiger partial charge in [-0.3, -0.25) is 4.79 Å². The van der Waals surface area contributed by atoms with Crippen LogP contribution in [0.2, 0.25) is 0 Å². The van der Waals surface area contributed by atoms with Crippen LogP contribution in [0.3, 0.4) is 0 Å². The molecular formula is C24H25N3O2. The molecule has 2 aliphatic rings. The van der Waals surface area contributed by atoms with E-state index in [0.29, 0.717) is 31.0 Å². The van der Waals surface area contributed by atoms with Gasteiger partial charge < -0.3 is 19.5 Å². The molecule has 5 heteroatoms. The second kappa shape index (κ2) is 6.99. The number of hydrogen-bond donors (Lipinski definition) is 1. The number of carbonyl (C=O) groups excluding carboxylic acids is 1. The molecule has 148 valence electrons. The highest BCUT2D eigenvalue weighted by Gasteiger charge is 2.42. The normalized spacial score (nSPS) is 16.7. The Morgan fingerprint density at radius 2 is 1.79 bits per heavy atom. The van der Waals surface area contributed by atoms with Gasteiger partial charge in [-0.15, -0.1) is 0 Å². The van der Waals surface area contributed by atoms with E-state index in [0.717, 1.165) is 18.5 Å². The lowest BCUT2D eigenvalue weighted by Crippen LogP contribution is -2.51. The Hall–Kier alpha value is -3.21. The number of fused-ring (bicyclic) bond motifs is 4. The highest BCUT2D eigenvalue weighted by Crippen LogP contribution is 2.43. The average molecular weight is 387 g/mol. The first-order valence-corrected chi connectivity index (χ1v) is 10.3. The van der Waals surface area contributed by atoms with Crippen molar-refractivity contribution < 1.29 is 9.53 Å².